The third-order valence-electron chi connectivity index (χ3n) is 4.59. The molecule has 0 amide bonds. The molecule has 1 N–H and O–H groups in total. The Labute approximate surface area is 159 Å². The molecule has 28 heavy (non-hydrogen) atoms. The molecule has 2 aliphatic heterocycles. The van der Waals surface area contributed by atoms with E-state index < -0.39 is 11.2 Å². The number of aryl methyl sites for hydroxylation is 2. The van der Waals surface area contributed by atoms with Crippen molar-refractivity contribution in [2.24, 2.45) is 0 Å². The number of methoxy groups -OCH3 is 2. The van der Waals surface area contributed by atoms with Gasteiger partial charge >= 0.3 is 5.69 Å². The van der Waals surface area contributed by atoms with Crippen LogP contribution in [0.2, 0.25) is 0 Å². The van der Waals surface area contributed by atoms with Gasteiger partial charge in [0.05, 0.1) is 25.3 Å². The van der Waals surface area contributed by atoms with Gasteiger partial charge in [-0.2, -0.15) is 4.98 Å². The Morgan fingerprint density at radius 2 is 1.79 bits per heavy atom. The fourth-order valence-corrected chi connectivity index (χ4v) is 3.25. The lowest BCUT2D eigenvalue weighted by Crippen LogP contribution is -2.29. The van der Waals surface area contributed by atoms with Crippen molar-refractivity contribution in [2.75, 3.05) is 14.2 Å². The molecule has 2 aliphatic rings. The summed E-state index contributed by atoms with van der Waals surface area (Å²) in [6.07, 6.45) is 0.636. The third kappa shape index (κ3) is 3.09. The van der Waals surface area contributed by atoms with Gasteiger partial charge in [0.15, 0.2) is 23.0 Å². The fraction of sp³-hybridized carbons (Fsp3) is 0.200. The SMILES string of the molecule is COc1ccc(CCn2c3nc(=O)[nH]c(=O)c-3nc3ccccc32)cc1OC. The maximum atomic E-state index is 12.2. The largest absolute Gasteiger partial charge is 0.493 e. The number of fused-ring (bicyclic) bond motifs is 2. The van der Waals surface area contributed by atoms with Crippen LogP contribution in [0.25, 0.3) is 22.6 Å². The van der Waals surface area contributed by atoms with Crippen LogP contribution < -0.4 is 20.7 Å². The summed E-state index contributed by atoms with van der Waals surface area (Å²) in [5, 5.41) is 0. The molecule has 0 aromatic heterocycles. The highest BCUT2D eigenvalue weighted by Gasteiger charge is 2.18. The summed E-state index contributed by atoms with van der Waals surface area (Å²) in [4.78, 5) is 34.6. The molecule has 2 aromatic carbocycles. The van der Waals surface area contributed by atoms with E-state index in [0.29, 0.717) is 30.0 Å². The zero-order valence-electron chi connectivity index (χ0n) is 15.4. The topological polar surface area (TPSA) is 99.1 Å². The van der Waals surface area contributed by atoms with E-state index in [-0.39, 0.29) is 11.5 Å². The summed E-state index contributed by atoms with van der Waals surface area (Å²) >= 11 is 0. The maximum absolute atomic E-state index is 12.2. The average molecular weight is 378 g/mol. The van der Waals surface area contributed by atoms with Crippen LogP contribution in [0.5, 0.6) is 11.5 Å². The molecule has 0 bridgehead atoms. The van der Waals surface area contributed by atoms with Crippen molar-refractivity contribution in [2.45, 2.75) is 13.0 Å². The molecule has 0 spiro atoms. The van der Waals surface area contributed by atoms with Crippen molar-refractivity contribution < 1.29 is 9.47 Å². The molecule has 0 aliphatic carbocycles. The van der Waals surface area contributed by atoms with Gasteiger partial charge in [-0.05, 0) is 36.2 Å². The van der Waals surface area contributed by atoms with E-state index in [1.54, 1.807) is 14.2 Å². The van der Waals surface area contributed by atoms with Crippen LogP contribution in [0, 0.1) is 0 Å². The Kier molecular flexibility index (Phi) is 4.52. The molecule has 0 fully saturated rings. The molecule has 0 atom stereocenters. The fourth-order valence-electron chi connectivity index (χ4n) is 3.25. The Morgan fingerprint density at radius 1 is 1.00 bits per heavy atom. The standard InChI is InChI=1S/C20H18N4O4/c1-27-15-8-7-12(11-16(15)28-2)9-10-24-14-6-4-3-5-13(14)21-17-18(24)22-20(26)23-19(17)25/h3-8,11H,9-10H2,1-2H3,(H,23,25,26). The van der Waals surface area contributed by atoms with Gasteiger partial charge in [0.25, 0.3) is 5.56 Å². The summed E-state index contributed by atoms with van der Waals surface area (Å²) < 4.78 is 12.5. The Balaban J connectivity index is 1.81. The average Bonchev–Trinajstić information content (AvgIpc) is 2.71. The molecule has 0 saturated carbocycles. The van der Waals surface area contributed by atoms with Crippen LogP contribution in [-0.2, 0) is 13.0 Å². The highest BCUT2D eigenvalue weighted by atomic mass is 16.5. The van der Waals surface area contributed by atoms with Crippen molar-refractivity contribution in [1.29, 1.82) is 0 Å². The van der Waals surface area contributed by atoms with Gasteiger partial charge < -0.3 is 14.0 Å². The number of H-pyrrole nitrogens is 1. The minimum Gasteiger partial charge on any atom is -0.493 e. The number of nitrogens with zero attached hydrogens (tertiary/aromatic N) is 3. The van der Waals surface area contributed by atoms with E-state index in [1.807, 2.05) is 47.0 Å². The number of aromatic amines is 1. The Hall–Kier alpha value is -3.68. The van der Waals surface area contributed by atoms with Gasteiger partial charge in [-0.15, -0.1) is 0 Å². The van der Waals surface area contributed by atoms with Crippen LogP contribution in [0.4, 0.5) is 0 Å². The number of nitrogens with one attached hydrogen (secondary N) is 1. The van der Waals surface area contributed by atoms with E-state index >= 15 is 0 Å². The zero-order chi connectivity index (χ0) is 19.7. The first-order chi connectivity index (χ1) is 13.6. The van der Waals surface area contributed by atoms with Crippen molar-refractivity contribution in [3.05, 3.63) is 68.9 Å². The minimum absolute atomic E-state index is 0.144. The third-order valence-corrected chi connectivity index (χ3v) is 4.59. The Morgan fingerprint density at radius 3 is 2.57 bits per heavy atom. The Bertz CT molecular complexity index is 1250. The number of benzene rings is 2. The molecule has 8 heteroatoms. The summed E-state index contributed by atoms with van der Waals surface area (Å²) in [6, 6.07) is 13.2. The number of hydrogen-bond acceptors (Lipinski definition) is 6. The number of para-hydroxylation sites is 2. The van der Waals surface area contributed by atoms with Gasteiger partial charge in [-0.25, -0.2) is 9.78 Å². The molecular formula is C20H18N4O4. The first-order valence-corrected chi connectivity index (χ1v) is 8.71. The van der Waals surface area contributed by atoms with E-state index in [1.165, 1.54) is 0 Å². The van der Waals surface area contributed by atoms with Gasteiger partial charge in [-0.3, -0.25) is 9.78 Å². The van der Waals surface area contributed by atoms with E-state index in [2.05, 4.69) is 15.0 Å². The summed E-state index contributed by atoms with van der Waals surface area (Å²) in [5.41, 5.74) is 1.40. The molecule has 2 aromatic rings. The van der Waals surface area contributed by atoms with Crippen LogP contribution >= 0.6 is 0 Å². The molecule has 0 unspecified atom stereocenters. The number of aromatic nitrogens is 4. The maximum Gasteiger partial charge on any atom is 0.349 e. The second-order valence-corrected chi connectivity index (χ2v) is 6.23. The van der Waals surface area contributed by atoms with Crippen LogP contribution in [0.15, 0.2) is 52.1 Å². The van der Waals surface area contributed by atoms with Crippen molar-refractivity contribution >= 4 is 11.0 Å². The lowest BCUT2D eigenvalue weighted by Gasteiger charge is -2.17. The number of hydrogen-bond donors (Lipinski definition) is 1. The number of ether oxygens (including phenoxy) is 2. The minimum atomic E-state index is -0.686. The van der Waals surface area contributed by atoms with Crippen LogP contribution in [0.3, 0.4) is 0 Å². The van der Waals surface area contributed by atoms with Crippen molar-refractivity contribution in [1.82, 2.24) is 19.5 Å². The lowest BCUT2D eigenvalue weighted by molar-refractivity contribution is 0.354. The van der Waals surface area contributed by atoms with Crippen molar-refractivity contribution in [3.63, 3.8) is 0 Å². The molecule has 142 valence electrons. The molecule has 8 nitrogen and oxygen atoms in total. The highest BCUT2D eigenvalue weighted by molar-refractivity contribution is 5.79. The van der Waals surface area contributed by atoms with Gasteiger partial charge in [-0.1, -0.05) is 18.2 Å². The predicted molar refractivity (Wildman–Crippen MR) is 104 cm³/mol. The highest BCUT2D eigenvalue weighted by Crippen LogP contribution is 2.28. The molecule has 0 radical (unpaired) electrons. The first-order valence-electron chi connectivity index (χ1n) is 8.71. The smallest absolute Gasteiger partial charge is 0.349 e. The second kappa shape index (κ2) is 7.15. The number of rotatable bonds is 5. The molecule has 4 rings (SSSR count). The first kappa shape index (κ1) is 17.7. The van der Waals surface area contributed by atoms with Crippen LogP contribution in [-0.4, -0.2) is 33.7 Å². The van der Waals surface area contributed by atoms with Crippen LogP contribution in [0.1, 0.15) is 5.56 Å². The molecule has 0 saturated heterocycles. The monoisotopic (exact) mass is 378 g/mol. The molecular weight excluding hydrogens is 360 g/mol. The van der Waals surface area contributed by atoms with Gasteiger partial charge in [0.2, 0.25) is 0 Å². The molecule has 2 heterocycles. The van der Waals surface area contributed by atoms with Gasteiger partial charge in [0.1, 0.15) is 0 Å². The normalized spacial score (nSPS) is 11.1. The lowest BCUT2D eigenvalue weighted by atomic mass is 10.1. The second-order valence-electron chi connectivity index (χ2n) is 6.23. The summed E-state index contributed by atoms with van der Waals surface area (Å²) in [5.74, 6) is 1.57. The quantitative estimate of drug-likeness (QED) is 0.532. The summed E-state index contributed by atoms with van der Waals surface area (Å²) in [6.45, 7) is 0.505. The zero-order valence-corrected chi connectivity index (χ0v) is 15.4. The summed E-state index contributed by atoms with van der Waals surface area (Å²) in [7, 11) is 3.18. The van der Waals surface area contributed by atoms with E-state index in [4.69, 9.17) is 9.47 Å². The van der Waals surface area contributed by atoms with E-state index in [9.17, 15) is 9.59 Å². The van der Waals surface area contributed by atoms with Gasteiger partial charge in [0, 0.05) is 6.54 Å². The van der Waals surface area contributed by atoms with E-state index in [0.717, 1.165) is 11.1 Å². The predicted octanol–water partition coefficient (Wildman–Crippen LogP) is 1.84. The van der Waals surface area contributed by atoms with Crippen molar-refractivity contribution in [3.8, 4) is 23.0 Å².